The minimum absolute atomic E-state index is 0.0278. The first-order chi connectivity index (χ1) is 15.8. The van der Waals surface area contributed by atoms with Crippen molar-refractivity contribution >= 4 is 28.5 Å². The number of benzene rings is 1. The highest BCUT2D eigenvalue weighted by atomic mass is 19.4. The predicted octanol–water partition coefficient (Wildman–Crippen LogP) is 3.96. The van der Waals surface area contributed by atoms with E-state index < -0.39 is 23.2 Å². The summed E-state index contributed by atoms with van der Waals surface area (Å²) in [6.07, 6.45) is -0.468. The molecule has 8 nitrogen and oxygen atoms in total. The number of carbonyl (C=O) groups excluding carboxylic acids is 1. The summed E-state index contributed by atoms with van der Waals surface area (Å²) < 4.78 is 47.6. The Morgan fingerprint density at radius 1 is 1.12 bits per heavy atom. The van der Waals surface area contributed by atoms with Gasteiger partial charge >= 0.3 is 6.18 Å². The zero-order chi connectivity index (χ0) is 23.2. The fourth-order valence-electron chi connectivity index (χ4n) is 3.47. The van der Waals surface area contributed by atoms with Gasteiger partial charge in [-0.05, 0) is 42.5 Å². The first-order valence-corrected chi connectivity index (χ1v) is 9.69. The van der Waals surface area contributed by atoms with Crippen LogP contribution >= 0.6 is 0 Å². The molecule has 0 saturated heterocycles. The van der Waals surface area contributed by atoms with E-state index in [1.54, 1.807) is 30.3 Å². The van der Waals surface area contributed by atoms with Gasteiger partial charge in [-0.3, -0.25) is 19.3 Å². The number of furan rings is 1. The molecular weight excluding hydrogens is 439 g/mol. The third-order valence-corrected chi connectivity index (χ3v) is 5.05. The van der Waals surface area contributed by atoms with E-state index in [2.05, 4.69) is 15.3 Å². The zero-order valence-electron chi connectivity index (χ0n) is 16.7. The number of anilines is 1. The molecule has 0 aliphatic carbocycles. The van der Waals surface area contributed by atoms with Crippen LogP contribution in [0.15, 0.2) is 76.4 Å². The van der Waals surface area contributed by atoms with E-state index in [0.29, 0.717) is 16.9 Å². The van der Waals surface area contributed by atoms with E-state index in [-0.39, 0.29) is 23.6 Å². The molecule has 0 spiro atoms. The first-order valence-electron chi connectivity index (χ1n) is 9.69. The number of amides is 1. The maximum Gasteiger partial charge on any atom is 0.416 e. The zero-order valence-corrected chi connectivity index (χ0v) is 16.7. The highest BCUT2D eigenvalue weighted by molar-refractivity contribution is 6.03. The fourth-order valence-corrected chi connectivity index (χ4v) is 3.47. The minimum Gasteiger partial charge on any atom is -0.467 e. The lowest BCUT2D eigenvalue weighted by Gasteiger charge is -2.10. The second kappa shape index (κ2) is 7.62. The van der Waals surface area contributed by atoms with Gasteiger partial charge in [0, 0.05) is 12.4 Å². The molecule has 4 aromatic heterocycles. The van der Waals surface area contributed by atoms with Gasteiger partial charge in [0.25, 0.3) is 11.5 Å². The van der Waals surface area contributed by atoms with E-state index in [0.717, 1.165) is 18.3 Å². The van der Waals surface area contributed by atoms with Crippen LogP contribution in [-0.2, 0) is 12.7 Å². The van der Waals surface area contributed by atoms with Gasteiger partial charge in [0.05, 0.1) is 29.4 Å². The lowest BCUT2D eigenvalue weighted by atomic mass is 10.2. The Kier molecular flexibility index (Phi) is 4.73. The summed E-state index contributed by atoms with van der Waals surface area (Å²) in [5, 5.41) is 2.53. The lowest BCUT2D eigenvalue weighted by Crippen LogP contribution is -2.27. The second-order valence-electron chi connectivity index (χ2n) is 7.16. The van der Waals surface area contributed by atoms with Gasteiger partial charge in [-0.1, -0.05) is 6.07 Å². The van der Waals surface area contributed by atoms with Crippen molar-refractivity contribution in [1.29, 1.82) is 0 Å². The van der Waals surface area contributed by atoms with Crippen LogP contribution < -0.4 is 10.9 Å². The maximum absolute atomic E-state index is 13.2. The number of alkyl halides is 3. The van der Waals surface area contributed by atoms with Crippen LogP contribution in [-0.4, -0.2) is 24.8 Å². The monoisotopic (exact) mass is 453 g/mol. The van der Waals surface area contributed by atoms with Crippen LogP contribution in [0.25, 0.3) is 16.7 Å². The van der Waals surface area contributed by atoms with E-state index in [1.165, 1.54) is 27.5 Å². The molecule has 0 unspecified atom stereocenters. The van der Waals surface area contributed by atoms with Crippen molar-refractivity contribution in [2.75, 3.05) is 5.32 Å². The number of pyridine rings is 1. The number of fused-ring (bicyclic) bond motifs is 2. The number of hydrogen-bond acceptors (Lipinski definition) is 5. The van der Waals surface area contributed by atoms with Gasteiger partial charge in [-0.15, -0.1) is 0 Å². The number of halogens is 3. The molecule has 0 aliphatic heterocycles. The van der Waals surface area contributed by atoms with Crippen LogP contribution in [0, 0.1) is 0 Å². The number of nitrogens with zero attached hydrogens (tertiary/aromatic N) is 4. The number of rotatable bonds is 4. The van der Waals surface area contributed by atoms with E-state index in [9.17, 15) is 22.8 Å². The smallest absolute Gasteiger partial charge is 0.416 e. The van der Waals surface area contributed by atoms with Crippen LogP contribution in [0.2, 0.25) is 0 Å². The summed E-state index contributed by atoms with van der Waals surface area (Å²) >= 11 is 0. The molecule has 166 valence electrons. The lowest BCUT2D eigenvalue weighted by molar-refractivity contribution is -0.137. The summed E-state index contributed by atoms with van der Waals surface area (Å²) in [5.74, 6) is -0.335. The van der Waals surface area contributed by atoms with Gasteiger partial charge in [0.1, 0.15) is 17.0 Å². The van der Waals surface area contributed by atoms with Crippen LogP contribution in [0.3, 0.4) is 0 Å². The molecule has 1 amide bonds. The summed E-state index contributed by atoms with van der Waals surface area (Å²) in [6, 6.07) is 11.4. The molecule has 0 bridgehead atoms. The van der Waals surface area contributed by atoms with Crippen LogP contribution in [0.4, 0.5) is 19.1 Å². The minimum atomic E-state index is -4.55. The third kappa shape index (κ3) is 3.73. The van der Waals surface area contributed by atoms with Crippen molar-refractivity contribution in [2.45, 2.75) is 12.7 Å². The molecule has 0 fully saturated rings. The van der Waals surface area contributed by atoms with E-state index in [4.69, 9.17) is 4.42 Å². The van der Waals surface area contributed by atoms with E-state index in [1.807, 2.05) is 0 Å². The van der Waals surface area contributed by atoms with Crippen LogP contribution in [0.5, 0.6) is 0 Å². The summed E-state index contributed by atoms with van der Waals surface area (Å²) in [6.45, 7) is 0.0967. The van der Waals surface area contributed by atoms with Crippen LogP contribution in [0.1, 0.15) is 21.7 Å². The number of carbonyl (C=O) groups is 1. The molecule has 1 N–H and O–H groups in total. The summed E-state index contributed by atoms with van der Waals surface area (Å²) in [4.78, 5) is 33.9. The number of imidazole rings is 1. The van der Waals surface area contributed by atoms with Crippen molar-refractivity contribution in [2.24, 2.45) is 0 Å². The van der Waals surface area contributed by atoms with Gasteiger partial charge in [-0.2, -0.15) is 13.2 Å². The third-order valence-electron chi connectivity index (χ3n) is 5.05. The standard InChI is InChI=1S/C22H14F3N5O3/c23-22(24,25)13-6-7-17-16(10-13)27-21(30(17)12-14-4-3-9-33-14)28-19(31)15-11-26-18-5-1-2-8-29(18)20(15)32/h1-11H,12H2,(H,27,28,31). The molecular formula is C22H14F3N5O3. The molecule has 5 rings (SSSR count). The number of aromatic nitrogens is 4. The highest BCUT2D eigenvalue weighted by Gasteiger charge is 2.31. The maximum atomic E-state index is 13.2. The average molecular weight is 453 g/mol. The number of hydrogen-bond donors (Lipinski definition) is 1. The van der Waals surface area contributed by atoms with Crippen molar-refractivity contribution < 1.29 is 22.4 Å². The Morgan fingerprint density at radius 2 is 1.97 bits per heavy atom. The molecule has 5 aromatic rings. The summed E-state index contributed by atoms with van der Waals surface area (Å²) in [5.41, 5.74) is -0.961. The largest absolute Gasteiger partial charge is 0.467 e. The quantitative estimate of drug-likeness (QED) is 0.445. The average Bonchev–Trinajstić information content (AvgIpc) is 3.41. The Hall–Kier alpha value is -4.41. The molecule has 1 aromatic carbocycles. The van der Waals surface area contributed by atoms with Crippen molar-refractivity contribution in [3.05, 3.63) is 94.4 Å². The predicted molar refractivity (Wildman–Crippen MR) is 112 cm³/mol. The topological polar surface area (TPSA) is 94.4 Å². The van der Waals surface area contributed by atoms with Crippen molar-refractivity contribution in [3.63, 3.8) is 0 Å². The fraction of sp³-hybridized carbons (Fsp3) is 0.0909. The molecule has 4 heterocycles. The Balaban J connectivity index is 1.58. The SMILES string of the molecule is O=C(Nc1nc2cc(C(F)(F)F)ccc2n1Cc1ccco1)c1cnc2ccccn2c1=O. The molecule has 0 radical (unpaired) electrons. The molecule has 0 atom stereocenters. The molecule has 11 heteroatoms. The van der Waals surface area contributed by atoms with Crippen molar-refractivity contribution in [1.82, 2.24) is 18.9 Å². The molecule has 0 saturated carbocycles. The second-order valence-corrected chi connectivity index (χ2v) is 7.16. The van der Waals surface area contributed by atoms with Gasteiger partial charge < -0.3 is 8.98 Å². The van der Waals surface area contributed by atoms with E-state index >= 15 is 0 Å². The Labute approximate surface area is 182 Å². The van der Waals surface area contributed by atoms with Gasteiger partial charge in [0.15, 0.2) is 0 Å². The Morgan fingerprint density at radius 3 is 2.73 bits per heavy atom. The normalized spacial score (nSPS) is 11.8. The summed E-state index contributed by atoms with van der Waals surface area (Å²) in [7, 11) is 0. The Bertz CT molecular complexity index is 1550. The number of nitrogens with one attached hydrogen (secondary N) is 1. The highest BCUT2D eigenvalue weighted by Crippen LogP contribution is 2.32. The molecule has 0 aliphatic rings. The molecule has 33 heavy (non-hydrogen) atoms. The van der Waals surface area contributed by atoms with Crippen molar-refractivity contribution in [3.8, 4) is 0 Å². The van der Waals surface area contributed by atoms with Gasteiger partial charge in [-0.25, -0.2) is 9.97 Å². The van der Waals surface area contributed by atoms with Gasteiger partial charge in [0.2, 0.25) is 5.95 Å². The first kappa shape index (κ1) is 20.5.